The standard InChI is InChI=1S/C38H54O6Si/c1-8-36(6)23-31(37(7)26(2)19-21-38(29(24-39)34(36)42)22-20-30(40)33(37)38)44-32(41)25-43-45(35(3,4)5,27-15-11-9-12-16-27)28-17-13-10-14-18-28/h9-18,26,29,31,33-34,39,42H,8,19-25H2,1-7H3/t26-,29+,31-,33?,34+,36+,37+,38+/m1/s1. The van der Waals surface area contributed by atoms with Gasteiger partial charge < -0.3 is 19.4 Å². The van der Waals surface area contributed by atoms with Gasteiger partial charge in [0.15, 0.2) is 0 Å². The molecule has 2 aromatic rings. The molecule has 3 aliphatic rings. The Morgan fingerprint density at radius 1 is 1.00 bits per heavy atom. The molecule has 0 heterocycles. The van der Waals surface area contributed by atoms with E-state index < -0.39 is 42.7 Å². The van der Waals surface area contributed by atoms with E-state index in [4.69, 9.17) is 9.16 Å². The van der Waals surface area contributed by atoms with Crippen molar-refractivity contribution in [2.75, 3.05) is 13.2 Å². The Labute approximate surface area is 271 Å². The fourth-order valence-electron chi connectivity index (χ4n) is 9.86. The molecule has 2 bridgehead atoms. The molecule has 2 N–H and O–H groups in total. The van der Waals surface area contributed by atoms with Gasteiger partial charge in [0, 0.05) is 30.3 Å². The number of ether oxygens (including phenoxy) is 1. The summed E-state index contributed by atoms with van der Waals surface area (Å²) >= 11 is 0. The normalized spacial score (nSPS) is 35.3. The average molecular weight is 635 g/mol. The summed E-state index contributed by atoms with van der Waals surface area (Å²) in [5.74, 6) is -0.892. The van der Waals surface area contributed by atoms with Crippen molar-refractivity contribution in [3.8, 4) is 0 Å². The van der Waals surface area contributed by atoms with E-state index in [2.05, 4.69) is 72.7 Å². The second-order valence-electron chi connectivity index (χ2n) is 15.8. The third kappa shape index (κ3) is 5.36. The van der Waals surface area contributed by atoms with Gasteiger partial charge in [-0.05, 0) is 64.3 Å². The molecule has 3 saturated carbocycles. The van der Waals surface area contributed by atoms with Crippen LogP contribution in [0.1, 0.15) is 87.0 Å². The highest BCUT2D eigenvalue weighted by Gasteiger charge is 2.69. The van der Waals surface area contributed by atoms with E-state index in [1.807, 2.05) is 36.4 Å². The van der Waals surface area contributed by atoms with E-state index in [0.717, 1.165) is 23.2 Å². The van der Waals surface area contributed by atoms with Crippen LogP contribution in [-0.2, 0) is 18.8 Å². The number of carbonyl (C=O) groups excluding carboxylic acids is 2. The van der Waals surface area contributed by atoms with Crippen LogP contribution in [0.15, 0.2) is 60.7 Å². The third-order valence-electron chi connectivity index (χ3n) is 12.7. The van der Waals surface area contributed by atoms with Gasteiger partial charge in [-0.1, -0.05) is 109 Å². The largest absolute Gasteiger partial charge is 0.460 e. The first-order valence-corrected chi connectivity index (χ1v) is 18.9. The van der Waals surface area contributed by atoms with Crippen LogP contribution in [0.5, 0.6) is 0 Å². The minimum absolute atomic E-state index is 0.128. The lowest BCUT2D eigenvalue weighted by atomic mass is 9.43. The number of hydrogen-bond donors (Lipinski definition) is 2. The van der Waals surface area contributed by atoms with E-state index in [-0.39, 0.29) is 41.8 Å². The fourth-order valence-corrected chi connectivity index (χ4v) is 14.3. The summed E-state index contributed by atoms with van der Waals surface area (Å²) in [6, 6.07) is 20.5. The topological polar surface area (TPSA) is 93.1 Å². The van der Waals surface area contributed by atoms with Crippen LogP contribution in [0.25, 0.3) is 0 Å². The number of Topliss-reactive ketones (excluding diaryl/α,β-unsaturated/α-hetero) is 1. The van der Waals surface area contributed by atoms with Gasteiger partial charge in [0.2, 0.25) is 0 Å². The minimum atomic E-state index is -2.97. The Morgan fingerprint density at radius 3 is 2.09 bits per heavy atom. The van der Waals surface area contributed by atoms with E-state index in [1.54, 1.807) is 0 Å². The van der Waals surface area contributed by atoms with Crippen LogP contribution in [0.3, 0.4) is 0 Å². The molecule has 0 radical (unpaired) electrons. The highest BCUT2D eigenvalue weighted by Crippen LogP contribution is 2.68. The molecule has 7 heteroatoms. The maximum absolute atomic E-state index is 14.1. The summed E-state index contributed by atoms with van der Waals surface area (Å²) in [5, 5.41) is 24.6. The Kier molecular flexibility index (Phi) is 9.35. The van der Waals surface area contributed by atoms with Gasteiger partial charge in [-0.3, -0.25) is 4.79 Å². The molecule has 0 amide bonds. The van der Waals surface area contributed by atoms with Crippen LogP contribution in [-0.4, -0.2) is 55.7 Å². The van der Waals surface area contributed by atoms with Crippen molar-refractivity contribution in [1.29, 1.82) is 0 Å². The van der Waals surface area contributed by atoms with E-state index in [0.29, 0.717) is 25.7 Å². The second-order valence-corrected chi connectivity index (χ2v) is 20.1. The summed E-state index contributed by atoms with van der Waals surface area (Å²) in [6.45, 7) is 14.6. The molecule has 8 atom stereocenters. The lowest BCUT2D eigenvalue weighted by Gasteiger charge is -2.62. The smallest absolute Gasteiger partial charge is 0.331 e. The Balaban J connectivity index is 1.53. The zero-order valence-corrected chi connectivity index (χ0v) is 29.3. The number of aliphatic hydroxyl groups is 2. The van der Waals surface area contributed by atoms with Crippen LogP contribution < -0.4 is 10.4 Å². The molecule has 2 aromatic carbocycles. The van der Waals surface area contributed by atoms with Gasteiger partial charge in [0.05, 0.1) is 6.10 Å². The molecule has 1 unspecified atom stereocenters. The van der Waals surface area contributed by atoms with Crippen molar-refractivity contribution in [3.05, 3.63) is 60.7 Å². The molecule has 0 aromatic heterocycles. The summed E-state index contributed by atoms with van der Waals surface area (Å²) < 4.78 is 13.5. The molecule has 0 spiro atoms. The maximum atomic E-state index is 14.1. The van der Waals surface area contributed by atoms with Gasteiger partial charge in [0.1, 0.15) is 18.5 Å². The zero-order valence-electron chi connectivity index (χ0n) is 28.3. The van der Waals surface area contributed by atoms with Crippen molar-refractivity contribution < 1.29 is 29.0 Å². The van der Waals surface area contributed by atoms with E-state index in [1.165, 1.54) is 0 Å². The summed E-state index contributed by atoms with van der Waals surface area (Å²) in [5.41, 5.74) is -1.72. The lowest BCUT2D eigenvalue weighted by molar-refractivity contribution is -0.219. The predicted molar refractivity (Wildman–Crippen MR) is 180 cm³/mol. The third-order valence-corrected chi connectivity index (χ3v) is 17.7. The van der Waals surface area contributed by atoms with Crippen molar-refractivity contribution in [2.45, 2.75) is 104 Å². The summed E-state index contributed by atoms with van der Waals surface area (Å²) in [7, 11) is -2.97. The Bertz CT molecular complexity index is 1320. The number of esters is 1. The highest BCUT2D eigenvalue weighted by molar-refractivity contribution is 6.99. The second kappa shape index (κ2) is 12.4. The van der Waals surface area contributed by atoms with Gasteiger partial charge in [-0.2, -0.15) is 0 Å². The molecule has 0 saturated heterocycles. The summed E-state index contributed by atoms with van der Waals surface area (Å²) in [4.78, 5) is 27.9. The zero-order chi connectivity index (χ0) is 32.8. The van der Waals surface area contributed by atoms with Crippen LogP contribution >= 0.6 is 0 Å². The number of hydrogen-bond acceptors (Lipinski definition) is 6. The molecule has 246 valence electrons. The average Bonchev–Trinajstić information content (AvgIpc) is 3.36. The van der Waals surface area contributed by atoms with Crippen molar-refractivity contribution in [1.82, 2.24) is 0 Å². The van der Waals surface area contributed by atoms with Crippen LogP contribution in [0.2, 0.25) is 5.04 Å². The molecule has 0 aliphatic heterocycles. The van der Waals surface area contributed by atoms with Gasteiger partial charge in [0.25, 0.3) is 8.32 Å². The Morgan fingerprint density at radius 2 is 1.58 bits per heavy atom. The van der Waals surface area contributed by atoms with Gasteiger partial charge in [-0.25, -0.2) is 4.79 Å². The first-order valence-electron chi connectivity index (χ1n) is 17.0. The van der Waals surface area contributed by atoms with E-state index in [9.17, 15) is 19.8 Å². The van der Waals surface area contributed by atoms with Crippen molar-refractivity contribution in [3.63, 3.8) is 0 Å². The van der Waals surface area contributed by atoms with E-state index >= 15 is 0 Å². The molecule has 45 heavy (non-hydrogen) atoms. The Hall–Kier alpha value is -2.32. The molecular weight excluding hydrogens is 580 g/mol. The number of aliphatic hydroxyl groups excluding tert-OH is 2. The van der Waals surface area contributed by atoms with Gasteiger partial charge >= 0.3 is 5.97 Å². The summed E-state index contributed by atoms with van der Waals surface area (Å²) in [6.07, 6.45) is 2.46. The molecule has 5 rings (SSSR count). The minimum Gasteiger partial charge on any atom is -0.460 e. The quantitative estimate of drug-likeness (QED) is 0.287. The van der Waals surface area contributed by atoms with Gasteiger partial charge in [-0.15, -0.1) is 0 Å². The van der Waals surface area contributed by atoms with Crippen molar-refractivity contribution >= 4 is 30.4 Å². The monoisotopic (exact) mass is 634 g/mol. The highest BCUT2D eigenvalue weighted by atomic mass is 28.4. The number of rotatable bonds is 8. The molecule has 3 aliphatic carbocycles. The SMILES string of the molecule is CC[C@@]1(C)C[C@@H](OC(=O)CO[Si](c2ccccc2)(c2ccccc2)C(C)(C)C)[C@@]2(C)C3C(=O)CC[C@@]3(CC[C@H]2C)[C@@H](CO)[C@@H]1O. The maximum Gasteiger partial charge on any atom is 0.331 e. The molecule has 6 nitrogen and oxygen atoms in total. The number of carbonyl (C=O) groups is 2. The number of ketones is 1. The lowest BCUT2D eigenvalue weighted by Crippen LogP contribution is -2.67. The first kappa shape index (κ1) is 34.0. The predicted octanol–water partition coefficient (Wildman–Crippen LogP) is 5.67. The number of benzene rings is 2. The molecular formula is C38H54O6Si. The fraction of sp³-hybridized carbons (Fsp3) is 0.632. The first-order chi connectivity index (χ1) is 21.2. The van der Waals surface area contributed by atoms with Crippen LogP contribution in [0.4, 0.5) is 0 Å². The molecule has 3 fully saturated rings. The van der Waals surface area contributed by atoms with Crippen LogP contribution in [0, 0.1) is 34.0 Å². The van der Waals surface area contributed by atoms with Crippen molar-refractivity contribution in [2.24, 2.45) is 34.0 Å².